The minimum absolute atomic E-state index is 0.195. The molecule has 0 saturated carbocycles. The van der Waals surface area contributed by atoms with Crippen LogP contribution in [0, 0.1) is 0 Å². The molecule has 0 saturated heterocycles. The van der Waals surface area contributed by atoms with Crippen molar-refractivity contribution < 1.29 is 24.5 Å². The fourth-order valence-electron chi connectivity index (χ4n) is 0.784. The number of aliphatic carboxylic acids is 1. The second-order valence-corrected chi connectivity index (χ2v) is 5.14. The van der Waals surface area contributed by atoms with Gasteiger partial charge in [-0.25, -0.2) is 13.2 Å². The minimum atomic E-state index is -3.26. The van der Waals surface area contributed by atoms with E-state index in [0.717, 1.165) is 6.26 Å². The van der Waals surface area contributed by atoms with Crippen LogP contribution in [0.25, 0.3) is 0 Å². The van der Waals surface area contributed by atoms with Crippen molar-refractivity contribution in [3.8, 4) is 0 Å². The summed E-state index contributed by atoms with van der Waals surface area (Å²) in [5.74, 6) is -2.36. The monoisotopic (exact) mass is 224 g/mol. The maximum atomic E-state index is 10.8. The zero-order chi connectivity index (χ0) is 12.1. The lowest BCUT2D eigenvalue weighted by molar-refractivity contribution is -0.141. The highest BCUT2D eigenvalue weighted by Crippen LogP contribution is 1.96. The van der Waals surface area contributed by atoms with E-state index in [1.165, 1.54) is 0 Å². The van der Waals surface area contributed by atoms with Gasteiger partial charge >= 0.3 is 5.97 Å². The van der Waals surface area contributed by atoms with Crippen molar-refractivity contribution >= 4 is 21.7 Å². The first-order valence-electron chi connectivity index (χ1n) is 4.46. The van der Waals surface area contributed by atoms with Gasteiger partial charge in [-0.1, -0.05) is 0 Å². The van der Waals surface area contributed by atoms with Gasteiger partial charge in [-0.05, 0) is 6.42 Å². The molecule has 0 aliphatic heterocycles. The molecular weight excluding hydrogens is 210 g/mol. The maximum Gasteiger partial charge on any atom is 0.326 e. The first-order chi connectivity index (χ1) is 6.76. The Hall–Kier alpha value is -1.11. The van der Waals surface area contributed by atoms with Crippen LogP contribution in [0.5, 0.6) is 0 Å². The van der Waals surface area contributed by atoms with Crippen LogP contribution in [0.2, 0.25) is 0 Å². The van der Waals surface area contributed by atoms with Crippen LogP contribution >= 0.6 is 0 Å². The molecular formula is C7H13NO5S. The van der Waals surface area contributed by atoms with Gasteiger partial charge < -0.3 is 10.4 Å². The Morgan fingerprint density at radius 2 is 2.14 bits per heavy atom. The number of amides is 1. The third-order valence-electron chi connectivity index (χ3n) is 1.41. The Labute approximate surface area is 83.6 Å². The zero-order valence-corrected chi connectivity index (χ0v) is 8.50. The molecule has 0 spiro atoms. The molecule has 0 aromatic carbocycles. The molecule has 7 heteroatoms. The summed E-state index contributed by atoms with van der Waals surface area (Å²) >= 11 is 0. The summed E-state index contributed by atoms with van der Waals surface area (Å²) < 4.78 is 28.2. The predicted molar refractivity (Wildman–Crippen MR) is 49.6 cm³/mol. The third kappa shape index (κ3) is 6.41. The average molecular weight is 224 g/mol. The van der Waals surface area contributed by atoms with Crippen molar-refractivity contribution in [1.29, 1.82) is 0 Å². The molecule has 2 N–H and O–H groups in total. The molecule has 82 valence electrons. The van der Waals surface area contributed by atoms with Crippen molar-refractivity contribution in [2.24, 2.45) is 0 Å². The van der Waals surface area contributed by atoms with Gasteiger partial charge in [0.15, 0.2) is 0 Å². The summed E-state index contributed by atoms with van der Waals surface area (Å²) in [5, 5.41) is 10.7. The van der Waals surface area contributed by atoms with E-state index in [2.05, 4.69) is 0 Å². The molecule has 0 aromatic rings. The van der Waals surface area contributed by atoms with E-state index >= 15 is 0 Å². The number of hydrogen-bond donors (Lipinski definition) is 2. The van der Waals surface area contributed by atoms with Gasteiger partial charge in [-0.3, -0.25) is 4.79 Å². The van der Waals surface area contributed by atoms with Crippen molar-refractivity contribution in [3.63, 3.8) is 0 Å². The summed E-state index contributed by atoms with van der Waals surface area (Å²) in [6.45, 7) is -0.581. The number of sulfone groups is 1. The van der Waals surface area contributed by atoms with E-state index in [1.54, 1.807) is 0 Å². The minimum Gasteiger partial charge on any atom is -0.480 e. The summed E-state index contributed by atoms with van der Waals surface area (Å²) in [6.07, 6.45) is 0.790. The first-order valence-corrected chi connectivity index (χ1v) is 5.81. The van der Waals surface area contributed by atoms with Gasteiger partial charge in [0.05, 0.1) is 5.75 Å². The van der Waals surface area contributed by atoms with Crippen LogP contribution in [0.3, 0.4) is 0 Å². The van der Waals surface area contributed by atoms with E-state index in [0.29, 0.717) is 0 Å². The second kappa shape index (κ2) is 4.94. The maximum absolute atomic E-state index is 10.8. The molecule has 1 atom stereocenters. The number of hydrogen-bond acceptors (Lipinski definition) is 4. The molecule has 0 fully saturated rings. The molecule has 0 heterocycles. The largest absolute Gasteiger partial charge is 0.480 e. The number of carboxylic acid groups (broad SMARTS) is 1. The fourth-order valence-corrected chi connectivity index (χ4v) is 1.45. The average Bonchev–Trinajstić information content (AvgIpc) is 2.09. The van der Waals surface area contributed by atoms with Crippen LogP contribution in [-0.4, -0.2) is 43.5 Å². The lowest BCUT2D eigenvalue weighted by Gasteiger charge is -2.11. The number of carbonyl (C=O) groups is 2. The highest BCUT2D eigenvalue weighted by Gasteiger charge is 2.19. The van der Waals surface area contributed by atoms with Crippen molar-refractivity contribution in [3.05, 3.63) is 0 Å². The first kappa shape index (κ1) is 11.0. The zero-order valence-electron chi connectivity index (χ0n) is 8.69. The number of rotatable bonds is 5. The number of carbonyl (C=O) groups excluding carboxylic acids is 1. The molecule has 14 heavy (non-hydrogen) atoms. The highest BCUT2D eigenvalue weighted by molar-refractivity contribution is 7.90. The van der Waals surface area contributed by atoms with Gasteiger partial charge in [0, 0.05) is 14.5 Å². The van der Waals surface area contributed by atoms with Crippen LogP contribution in [0.15, 0.2) is 0 Å². The Bertz CT molecular complexity index is 339. The lowest BCUT2D eigenvalue weighted by Crippen LogP contribution is -2.40. The van der Waals surface area contributed by atoms with E-state index in [-0.39, 0.29) is 12.2 Å². The van der Waals surface area contributed by atoms with Gasteiger partial charge in [-0.15, -0.1) is 0 Å². The summed E-state index contributed by atoms with van der Waals surface area (Å²) in [6, 6.07) is -1.25. The molecule has 0 radical (unpaired) electrons. The topological polar surface area (TPSA) is 101 Å². The van der Waals surface area contributed by atoms with Crippen LogP contribution in [-0.2, 0) is 19.4 Å². The Balaban J connectivity index is 4.30. The van der Waals surface area contributed by atoms with Gasteiger partial charge in [0.1, 0.15) is 15.9 Å². The second-order valence-electron chi connectivity index (χ2n) is 2.88. The van der Waals surface area contributed by atoms with E-state index in [9.17, 15) is 18.0 Å². The standard InChI is InChI=1S/C7H13NO5S/c1-5(9)8-6(7(10)11)3-4-14(2,12)13/h6H,3-4H2,1-2H3,(H,8,9)(H,10,11)/t6-/m0/s1/i1D. The van der Waals surface area contributed by atoms with Crippen LogP contribution in [0.1, 0.15) is 14.7 Å². The number of nitrogens with one attached hydrogen (secondary N) is 1. The fraction of sp³-hybridized carbons (Fsp3) is 0.714. The Kier molecular flexibility index (Phi) is 3.87. The summed E-state index contributed by atoms with van der Waals surface area (Å²) in [7, 11) is -3.26. The quantitative estimate of drug-likeness (QED) is 0.624. The molecule has 0 aliphatic rings. The lowest BCUT2D eigenvalue weighted by atomic mass is 10.2. The molecule has 0 bridgehead atoms. The summed E-state index contributed by atoms with van der Waals surface area (Å²) in [5.41, 5.74) is 0. The molecule has 0 aromatic heterocycles. The molecule has 0 aliphatic carbocycles. The molecule has 0 unspecified atom stereocenters. The van der Waals surface area contributed by atoms with E-state index in [1.807, 2.05) is 5.32 Å². The third-order valence-corrected chi connectivity index (χ3v) is 2.39. The van der Waals surface area contributed by atoms with Crippen LogP contribution < -0.4 is 5.32 Å². The Morgan fingerprint density at radius 3 is 2.50 bits per heavy atom. The molecule has 1 amide bonds. The van der Waals surface area contributed by atoms with Crippen molar-refractivity contribution in [2.45, 2.75) is 19.4 Å². The SMILES string of the molecule is [2H]CC(=O)N[C@@H](CCS(C)(=O)=O)C(=O)O. The van der Waals surface area contributed by atoms with Crippen molar-refractivity contribution in [2.75, 3.05) is 12.0 Å². The predicted octanol–water partition coefficient (Wildman–Crippen LogP) is -0.990. The van der Waals surface area contributed by atoms with Crippen LogP contribution in [0.4, 0.5) is 0 Å². The van der Waals surface area contributed by atoms with Gasteiger partial charge in [0.25, 0.3) is 0 Å². The molecule has 0 rings (SSSR count). The smallest absolute Gasteiger partial charge is 0.326 e. The van der Waals surface area contributed by atoms with E-state index < -0.39 is 34.7 Å². The normalized spacial score (nSPS) is 14.2. The van der Waals surface area contributed by atoms with Gasteiger partial charge in [-0.2, -0.15) is 0 Å². The van der Waals surface area contributed by atoms with E-state index in [4.69, 9.17) is 6.48 Å². The Morgan fingerprint density at radius 1 is 1.57 bits per heavy atom. The molecule has 6 nitrogen and oxygen atoms in total. The van der Waals surface area contributed by atoms with Crippen molar-refractivity contribution in [1.82, 2.24) is 5.32 Å². The highest BCUT2D eigenvalue weighted by atomic mass is 32.2. The number of carboxylic acids is 1. The summed E-state index contributed by atoms with van der Waals surface area (Å²) in [4.78, 5) is 21.3. The van der Waals surface area contributed by atoms with Gasteiger partial charge in [0.2, 0.25) is 5.91 Å².